The number of rotatable bonds is 7. The zero-order valence-electron chi connectivity index (χ0n) is 16.2. The van der Waals surface area contributed by atoms with E-state index >= 15 is 0 Å². The second-order valence-electron chi connectivity index (χ2n) is 7.78. The van der Waals surface area contributed by atoms with Crippen LogP contribution in [0.5, 0.6) is 5.75 Å². The fraction of sp³-hybridized carbons (Fsp3) is 0.667. The van der Waals surface area contributed by atoms with Crippen LogP contribution in [-0.4, -0.2) is 67.1 Å². The van der Waals surface area contributed by atoms with Crippen molar-refractivity contribution in [3.05, 3.63) is 29.8 Å². The highest BCUT2D eigenvalue weighted by atomic mass is 16.5. The minimum Gasteiger partial charge on any atom is -0.490 e. The fourth-order valence-electron chi connectivity index (χ4n) is 3.82. The SMILES string of the molecule is CC(C)N1CCC(Oc2ccc(C(=O)NCCN3CCCC3)cc2)CC1. The molecule has 0 atom stereocenters. The van der Waals surface area contributed by atoms with E-state index in [1.165, 1.54) is 12.8 Å². The first-order valence-electron chi connectivity index (χ1n) is 10.1. The van der Waals surface area contributed by atoms with E-state index in [1.54, 1.807) is 0 Å². The van der Waals surface area contributed by atoms with E-state index in [1.807, 2.05) is 24.3 Å². The summed E-state index contributed by atoms with van der Waals surface area (Å²) in [5.41, 5.74) is 0.702. The molecular formula is C21H33N3O2. The van der Waals surface area contributed by atoms with Crippen LogP contribution in [0.25, 0.3) is 0 Å². The average Bonchev–Trinajstić information content (AvgIpc) is 3.16. The van der Waals surface area contributed by atoms with Gasteiger partial charge in [-0.3, -0.25) is 4.79 Å². The van der Waals surface area contributed by atoms with E-state index in [-0.39, 0.29) is 12.0 Å². The lowest BCUT2D eigenvalue weighted by molar-refractivity contribution is 0.0843. The van der Waals surface area contributed by atoms with Gasteiger partial charge in [0.05, 0.1) is 0 Å². The van der Waals surface area contributed by atoms with Crippen molar-refractivity contribution < 1.29 is 9.53 Å². The number of hydrogen-bond acceptors (Lipinski definition) is 4. The smallest absolute Gasteiger partial charge is 0.251 e. The quantitative estimate of drug-likeness (QED) is 0.813. The Morgan fingerprint density at radius 1 is 1.12 bits per heavy atom. The Balaban J connectivity index is 1.40. The molecule has 26 heavy (non-hydrogen) atoms. The van der Waals surface area contributed by atoms with Gasteiger partial charge in [0.25, 0.3) is 5.91 Å². The third kappa shape index (κ3) is 5.45. The molecule has 0 spiro atoms. The van der Waals surface area contributed by atoms with Crippen LogP contribution < -0.4 is 10.1 Å². The lowest BCUT2D eigenvalue weighted by Gasteiger charge is -2.34. The first-order valence-corrected chi connectivity index (χ1v) is 10.1. The number of amides is 1. The maximum Gasteiger partial charge on any atom is 0.251 e. The van der Waals surface area contributed by atoms with Crippen LogP contribution in [-0.2, 0) is 0 Å². The van der Waals surface area contributed by atoms with Gasteiger partial charge in [0, 0.05) is 37.8 Å². The highest BCUT2D eigenvalue weighted by Gasteiger charge is 2.22. The molecule has 144 valence electrons. The molecule has 0 unspecified atom stereocenters. The van der Waals surface area contributed by atoms with E-state index in [4.69, 9.17) is 4.74 Å². The van der Waals surface area contributed by atoms with Crippen molar-refractivity contribution in [1.82, 2.24) is 15.1 Å². The Morgan fingerprint density at radius 3 is 2.38 bits per heavy atom. The van der Waals surface area contributed by atoms with Crippen LogP contribution in [0.4, 0.5) is 0 Å². The molecule has 0 aromatic heterocycles. The molecular weight excluding hydrogens is 326 g/mol. The third-order valence-electron chi connectivity index (χ3n) is 5.54. The van der Waals surface area contributed by atoms with Gasteiger partial charge in [-0.2, -0.15) is 0 Å². The molecule has 5 nitrogen and oxygen atoms in total. The number of nitrogens with one attached hydrogen (secondary N) is 1. The standard InChI is InChI=1S/C21H33N3O2/c1-17(2)24-14-9-20(10-15-24)26-19-7-5-18(6-8-19)21(25)22-11-16-23-12-3-4-13-23/h5-8,17,20H,3-4,9-16H2,1-2H3,(H,22,25). The van der Waals surface area contributed by atoms with Crippen molar-refractivity contribution in [1.29, 1.82) is 0 Å². The molecule has 3 rings (SSSR count). The number of piperidine rings is 1. The molecule has 0 aliphatic carbocycles. The number of carbonyl (C=O) groups excluding carboxylic acids is 1. The van der Waals surface area contributed by atoms with Crippen LogP contribution in [0.3, 0.4) is 0 Å². The third-order valence-corrected chi connectivity index (χ3v) is 5.54. The monoisotopic (exact) mass is 359 g/mol. The highest BCUT2D eigenvalue weighted by Crippen LogP contribution is 2.20. The molecule has 0 radical (unpaired) electrons. The molecule has 2 saturated heterocycles. The van der Waals surface area contributed by atoms with Gasteiger partial charge < -0.3 is 19.9 Å². The molecule has 0 bridgehead atoms. The summed E-state index contributed by atoms with van der Waals surface area (Å²) in [6.45, 7) is 10.7. The molecule has 1 amide bonds. The first-order chi connectivity index (χ1) is 12.6. The zero-order valence-corrected chi connectivity index (χ0v) is 16.2. The summed E-state index contributed by atoms with van der Waals surface area (Å²) in [7, 11) is 0. The number of benzene rings is 1. The van der Waals surface area contributed by atoms with Crippen molar-refractivity contribution in [2.45, 2.75) is 51.7 Å². The molecule has 1 aromatic carbocycles. The van der Waals surface area contributed by atoms with Crippen molar-refractivity contribution in [2.75, 3.05) is 39.3 Å². The van der Waals surface area contributed by atoms with Crippen molar-refractivity contribution in [3.8, 4) is 5.75 Å². The van der Waals surface area contributed by atoms with Crippen LogP contribution in [0.15, 0.2) is 24.3 Å². The molecule has 1 N–H and O–H groups in total. The predicted octanol–water partition coefficient (Wildman–Crippen LogP) is 2.76. The molecule has 2 aliphatic rings. The van der Waals surface area contributed by atoms with Gasteiger partial charge in [0.1, 0.15) is 11.9 Å². The van der Waals surface area contributed by atoms with E-state index < -0.39 is 0 Å². The van der Waals surface area contributed by atoms with E-state index in [0.717, 1.165) is 51.3 Å². The Hall–Kier alpha value is -1.59. The summed E-state index contributed by atoms with van der Waals surface area (Å²) < 4.78 is 6.10. The van der Waals surface area contributed by atoms with Gasteiger partial charge in [0.2, 0.25) is 0 Å². The van der Waals surface area contributed by atoms with Gasteiger partial charge in [-0.15, -0.1) is 0 Å². The number of carbonyl (C=O) groups is 1. The lowest BCUT2D eigenvalue weighted by Crippen LogP contribution is -2.41. The summed E-state index contributed by atoms with van der Waals surface area (Å²) in [5.74, 6) is 0.864. The predicted molar refractivity (Wildman–Crippen MR) is 105 cm³/mol. The normalized spacial score (nSPS) is 19.8. The summed E-state index contributed by atoms with van der Waals surface area (Å²) in [5, 5.41) is 3.02. The van der Waals surface area contributed by atoms with Crippen molar-refractivity contribution in [3.63, 3.8) is 0 Å². The van der Waals surface area contributed by atoms with Gasteiger partial charge in [0.15, 0.2) is 0 Å². The highest BCUT2D eigenvalue weighted by molar-refractivity contribution is 5.94. The lowest BCUT2D eigenvalue weighted by atomic mass is 10.1. The average molecular weight is 360 g/mol. The number of likely N-dealkylation sites (tertiary alicyclic amines) is 2. The Labute approximate surface area is 157 Å². The van der Waals surface area contributed by atoms with Crippen LogP contribution in [0.2, 0.25) is 0 Å². The zero-order chi connectivity index (χ0) is 18.4. The fourth-order valence-corrected chi connectivity index (χ4v) is 3.82. The first kappa shape index (κ1) is 19.2. The maximum atomic E-state index is 12.2. The Kier molecular flexibility index (Phi) is 6.92. The Bertz CT molecular complexity index is 559. The summed E-state index contributed by atoms with van der Waals surface area (Å²) in [4.78, 5) is 17.1. The molecule has 2 heterocycles. The molecule has 2 aliphatic heterocycles. The minimum atomic E-state index is 0.000915. The molecule has 1 aromatic rings. The van der Waals surface area contributed by atoms with Crippen LogP contribution >= 0.6 is 0 Å². The number of hydrogen-bond donors (Lipinski definition) is 1. The van der Waals surface area contributed by atoms with E-state index in [9.17, 15) is 4.79 Å². The second kappa shape index (κ2) is 9.38. The minimum absolute atomic E-state index is 0.000915. The summed E-state index contributed by atoms with van der Waals surface area (Å²) >= 11 is 0. The molecule has 0 saturated carbocycles. The van der Waals surface area contributed by atoms with Crippen molar-refractivity contribution >= 4 is 5.91 Å². The number of ether oxygens (including phenoxy) is 1. The van der Waals surface area contributed by atoms with Crippen molar-refractivity contribution in [2.24, 2.45) is 0 Å². The molecule has 2 fully saturated rings. The van der Waals surface area contributed by atoms with Gasteiger partial charge in [-0.05, 0) is 76.9 Å². The van der Waals surface area contributed by atoms with Gasteiger partial charge >= 0.3 is 0 Å². The van der Waals surface area contributed by atoms with Crippen LogP contribution in [0, 0.1) is 0 Å². The van der Waals surface area contributed by atoms with Gasteiger partial charge in [-0.1, -0.05) is 0 Å². The maximum absolute atomic E-state index is 12.2. The van der Waals surface area contributed by atoms with E-state index in [0.29, 0.717) is 18.2 Å². The Morgan fingerprint density at radius 2 is 1.77 bits per heavy atom. The topological polar surface area (TPSA) is 44.8 Å². The molecule has 5 heteroatoms. The van der Waals surface area contributed by atoms with Crippen LogP contribution in [0.1, 0.15) is 49.9 Å². The van der Waals surface area contributed by atoms with E-state index in [2.05, 4.69) is 29.0 Å². The van der Waals surface area contributed by atoms with Gasteiger partial charge in [-0.25, -0.2) is 0 Å². The summed E-state index contributed by atoms with van der Waals surface area (Å²) in [6.07, 6.45) is 4.98. The largest absolute Gasteiger partial charge is 0.490 e. The number of nitrogens with zero attached hydrogens (tertiary/aromatic N) is 2. The second-order valence-corrected chi connectivity index (χ2v) is 7.78. The summed E-state index contributed by atoms with van der Waals surface area (Å²) in [6, 6.07) is 8.18.